The predicted molar refractivity (Wildman–Crippen MR) is 66.9 cm³/mol. The van der Waals surface area contributed by atoms with Gasteiger partial charge in [0, 0.05) is 5.56 Å². The van der Waals surface area contributed by atoms with Crippen LogP contribution in [0.1, 0.15) is 17.0 Å². The first kappa shape index (κ1) is 11.2. The molecule has 0 spiro atoms. The maximum absolute atomic E-state index is 9.35. The maximum Gasteiger partial charge on any atom is 0.123 e. The fourth-order valence-electron chi connectivity index (χ4n) is 1.87. The Morgan fingerprint density at radius 3 is 2.29 bits per heavy atom. The molecule has 0 aliphatic carbocycles. The molecule has 2 aromatic carbocycles. The van der Waals surface area contributed by atoms with Crippen LogP contribution in [0.15, 0.2) is 54.6 Å². The first-order valence-electron chi connectivity index (χ1n) is 5.44. The Bertz CT molecular complexity index is 528. The molecule has 0 unspecified atom stereocenters. The van der Waals surface area contributed by atoms with E-state index in [1.165, 1.54) is 0 Å². The third-order valence-electron chi connectivity index (χ3n) is 2.71. The first-order valence-corrected chi connectivity index (χ1v) is 5.44. The molecule has 0 aliphatic rings. The lowest BCUT2D eigenvalue weighted by atomic mass is 9.92. The summed E-state index contributed by atoms with van der Waals surface area (Å²) < 4.78 is 5.30. The zero-order valence-electron chi connectivity index (χ0n) is 9.63. The second-order valence-electron chi connectivity index (χ2n) is 3.71. The van der Waals surface area contributed by atoms with Crippen molar-refractivity contribution in [2.45, 2.75) is 5.92 Å². The van der Waals surface area contributed by atoms with Gasteiger partial charge in [-0.05, 0) is 11.6 Å². The van der Waals surface area contributed by atoms with Gasteiger partial charge in [-0.3, -0.25) is 0 Å². The van der Waals surface area contributed by atoms with Gasteiger partial charge in [0.2, 0.25) is 0 Å². The van der Waals surface area contributed by atoms with Crippen molar-refractivity contribution in [2.75, 3.05) is 7.11 Å². The second kappa shape index (κ2) is 5.18. The molecule has 0 fully saturated rings. The summed E-state index contributed by atoms with van der Waals surface area (Å²) in [6.07, 6.45) is 0. The Kier molecular flexibility index (Phi) is 3.42. The number of benzene rings is 2. The summed E-state index contributed by atoms with van der Waals surface area (Å²) >= 11 is 0. The van der Waals surface area contributed by atoms with Gasteiger partial charge in [0.15, 0.2) is 0 Å². The van der Waals surface area contributed by atoms with Crippen LogP contribution < -0.4 is 4.74 Å². The molecular weight excluding hydrogens is 210 g/mol. The van der Waals surface area contributed by atoms with E-state index in [9.17, 15) is 5.26 Å². The van der Waals surface area contributed by atoms with E-state index < -0.39 is 0 Å². The van der Waals surface area contributed by atoms with Crippen LogP contribution in [0.4, 0.5) is 0 Å². The summed E-state index contributed by atoms with van der Waals surface area (Å²) in [5.74, 6) is 0.468. The first-order chi connectivity index (χ1) is 8.36. The van der Waals surface area contributed by atoms with E-state index in [2.05, 4.69) is 6.07 Å². The number of hydrogen-bond donors (Lipinski definition) is 0. The van der Waals surface area contributed by atoms with Crippen molar-refractivity contribution < 1.29 is 4.74 Å². The molecule has 0 aromatic heterocycles. The van der Waals surface area contributed by atoms with Gasteiger partial charge in [-0.25, -0.2) is 0 Å². The minimum absolute atomic E-state index is 0.285. The van der Waals surface area contributed by atoms with Gasteiger partial charge in [-0.15, -0.1) is 0 Å². The van der Waals surface area contributed by atoms with Crippen molar-refractivity contribution >= 4 is 0 Å². The minimum atomic E-state index is -0.285. The number of nitrogens with zero attached hydrogens (tertiary/aromatic N) is 1. The van der Waals surface area contributed by atoms with Gasteiger partial charge < -0.3 is 4.74 Å². The maximum atomic E-state index is 9.35. The van der Waals surface area contributed by atoms with Gasteiger partial charge >= 0.3 is 0 Å². The normalized spacial score (nSPS) is 11.5. The van der Waals surface area contributed by atoms with Crippen molar-refractivity contribution in [1.82, 2.24) is 0 Å². The fourth-order valence-corrected chi connectivity index (χ4v) is 1.87. The third kappa shape index (κ3) is 2.29. The SMILES string of the molecule is COc1ccccc1[C@@H](C#N)c1ccccc1. The highest BCUT2D eigenvalue weighted by Crippen LogP contribution is 2.30. The molecule has 0 bridgehead atoms. The average Bonchev–Trinajstić information content (AvgIpc) is 2.41. The lowest BCUT2D eigenvalue weighted by Gasteiger charge is -2.13. The number of ether oxygens (including phenoxy) is 1. The van der Waals surface area contributed by atoms with Gasteiger partial charge in [0.25, 0.3) is 0 Å². The van der Waals surface area contributed by atoms with Crippen LogP contribution in [-0.2, 0) is 0 Å². The van der Waals surface area contributed by atoms with E-state index in [1.807, 2.05) is 54.6 Å². The molecular formula is C15H13NO. The molecule has 2 rings (SSSR count). The molecule has 17 heavy (non-hydrogen) atoms. The molecule has 0 saturated carbocycles. The topological polar surface area (TPSA) is 33.0 Å². The highest BCUT2D eigenvalue weighted by atomic mass is 16.5. The van der Waals surface area contributed by atoms with Crippen molar-refractivity contribution in [3.8, 4) is 11.8 Å². The summed E-state index contributed by atoms with van der Waals surface area (Å²) in [7, 11) is 1.62. The number of nitriles is 1. The highest BCUT2D eigenvalue weighted by molar-refractivity contribution is 5.45. The molecule has 0 amide bonds. The Balaban J connectivity index is 2.47. The fraction of sp³-hybridized carbons (Fsp3) is 0.133. The minimum Gasteiger partial charge on any atom is -0.496 e. The quantitative estimate of drug-likeness (QED) is 0.799. The Morgan fingerprint density at radius 2 is 1.65 bits per heavy atom. The average molecular weight is 223 g/mol. The Hall–Kier alpha value is -2.27. The van der Waals surface area contributed by atoms with Gasteiger partial charge in [-0.1, -0.05) is 48.5 Å². The molecule has 84 valence electrons. The van der Waals surface area contributed by atoms with Crippen molar-refractivity contribution in [2.24, 2.45) is 0 Å². The smallest absolute Gasteiger partial charge is 0.123 e. The van der Waals surface area contributed by atoms with E-state index in [0.717, 1.165) is 16.9 Å². The number of methoxy groups -OCH3 is 1. The molecule has 2 aromatic rings. The molecule has 0 heterocycles. The van der Waals surface area contributed by atoms with E-state index in [0.29, 0.717) is 0 Å². The van der Waals surface area contributed by atoms with Crippen LogP contribution in [0.3, 0.4) is 0 Å². The van der Waals surface area contributed by atoms with E-state index in [4.69, 9.17) is 4.74 Å². The summed E-state index contributed by atoms with van der Waals surface area (Å²) in [5, 5.41) is 9.35. The van der Waals surface area contributed by atoms with E-state index >= 15 is 0 Å². The molecule has 0 N–H and O–H groups in total. The largest absolute Gasteiger partial charge is 0.496 e. The summed E-state index contributed by atoms with van der Waals surface area (Å²) in [6.45, 7) is 0. The molecule has 1 atom stereocenters. The molecule has 2 nitrogen and oxygen atoms in total. The van der Waals surface area contributed by atoms with Crippen LogP contribution in [0.5, 0.6) is 5.75 Å². The lowest BCUT2D eigenvalue weighted by Crippen LogP contribution is -2.00. The van der Waals surface area contributed by atoms with Crippen molar-refractivity contribution in [3.05, 3.63) is 65.7 Å². The zero-order chi connectivity index (χ0) is 12.1. The van der Waals surface area contributed by atoms with E-state index in [1.54, 1.807) is 7.11 Å². The van der Waals surface area contributed by atoms with Crippen LogP contribution >= 0.6 is 0 Å². The zero-order valence-corrected chi connectivity index (χ0v) is 9.63. The summed E-state index contributed by atoms with van der Waals surface area (Å²) in [4.78, 5) is 0. The Labute approximate surface area is 101 Å². The van der Waals surface area contributed by atoms with Gasteiger partial charge in [0.05, 0.1) is 19.1 Å². The van der Waals surface area contributed by atoms with Crippen LogP contribution in [0, 0.1) is 11.3 Å². The third-order valence-corrected chi connectivity index (χ3v) is 2.71. The highest BCUT2D eigenvalue weighted by Gasteiger charge is 2.16. The molecule has 0 aliphatic heterocycles. The lowest BCUT2D eigenvalue weighted by molar-refractivity contribution is 0.409. The second-order valence-corrected chi connectivity index (χ2v) is 3.71. The number of para-hydroxylation sites is 1. The van der Waals surface area contributed by atoms with Gasteiger partial charge in [-0.2, -0.15) is 5.26 Å². The molecule has 0 radical (unpaired) electrons. The standard InChI is InChI=1S/C15H13NO/c1-17-15-10-6-5-9-13(15)14(11-16)12-7-3-2-4-8-12/h2-10,14H,1H3/t14-/m0/s1. The summed E-state index contributed by atoms with van der Waals surface area (Å²) in [6, 6.07) is 19.7. The van der Waals surface area contributed by atoms with Crippen molar-refractivity contribution in [3.63, 3.8) is 0 Å². The Morgan fingerprint density at radius 1 is 1.00 bits per heavy atom. The monoisotopic (exact) mass is 223 g/mol. The van der Waals surface area contributed by atoms with Crippen LogP contribution in [0.25, 0.3) is 0 Å². The van der Waals surface area contributed by atoms with Crippen LogP contribution in [0.2, 0.25) is 0 Å². The van der Waals surface area contributed by atoms with Crippen LogP contribution in [-0.4, -0.2) is 7.11 Å². The van der Waals surface area contributed by atoms with Crippen molar-refractivity contribution in [1.29, 1.82) is 5.26 Å². The van der Waals surface area contributed by atoms with Gasteiger partial charge in [0.1, 0.15) is 5.75 Å². The molecule has 2 heteroatoms. The predicted octanol–water partition coefficient (Wildman–Crippen LogP) is 3.35. The van der Waals surface area contributed by atoms with E-state index in [-0.39, 0.29) is 5.92 Å². The molecule has 0 saturated heterocycles. The number of rotatable bonds is 3. The number of hydrogen-bond acceptors (Lipinski definition) is 2. The summed E-state index contributed by atoms with van der Waals surface area (Å²) in [5.41, 5.74) is 1.89.